The van der Waals surface area contributed by atoms with Gasteiger partial charge in [-0.05, 0) is 38.0 Å². The van der Waals surface area contributed by atoms with Crippen LogP contribution < -0.4 is 11.1 Å². The molecule has 0 aliphatic heterocycles. The van der Waals surface area contributed by atoms with Crippen LogP contribution in [0.15, 0.2) is 24.4 Å². The number of carbonyl (C=O) groups is 1. The molecule has 0 unspecified atom stereocenters. The van der Waals surface area contributed by atoms with Crippen LogP contribution in [0.1, 0.15) is 46.1 Å². The molecular weight excluding hydrogens is 322 g/mol. The number of fused-ring (bicyclic) bond motifs is 1. The highest BCUT2D eigenvalue weighted by molar-refractivity contribution is 7.20. The Morgan fingerprint density at radius 2 is 2.12 bits per heavy atom. The van der Waals surface area contributed by atoms with Crippen LogP contribution in [0.5, 0.6) is 0 Å². The van der Waals surface area contributed by atoms with Crippen LogP contribution in [-0.2, 0) is 0 Å². The van der Waals surface area contributed by atoms with E-state index in [0.717, 1.165) is 27.9 Å². The molecule has 0 aliphatic rings. The fourth-order valence-corrected chi connectivity index (χ4v) is 3.83. The van der Waals surface area contributed by atoms with Gasteiger partial charge in [0.05, 0.1) is 22.0 Å². The minimum absolute atomic E-state index is 0.131. The summed E-state index contributed by atoms with van der Waals surface area (Å²) in [6, 6.07) is 5.56. The van der Waals surface area contributed by atoms with E-state index in [0.29, 0.717) is 16.5 Å². The minimum Gasteiger partial charge on any atom is -0.383 e. The molecule has 0 saturated carbocycles. The lowest BCUT2D eigenvalue weighted by Gasteiger charge is -2.16. The molecule has 7 heteroatoms. The van der Waals surface area contributed by atoms with Gasteiger partial charge in [0, 0.05) is 6.20 Å². The normalized spacial score (nSPS) is 12.3. The summed E-state index contributed by atoms with van der Waals surface area (Å²) in [5.74, 6) is 0.889. The summed E-state index contributed by atoms with van der Waals surface area (Å²) in [7, 11) is 0. The van der Waals surface area contributed by atoms with Gasteiger partial charge < -0.3 is 11.1 Å². The van der Waals surface area contributed by atoms with Gasteiger partial charge in [0.15, 0.2) is 0 Å². The maximum Gasteiger partial charge on any atom is 0.262 e. The van der Waals surface area contributed by atoms with Gasteiger partial charge in [-0.2, -0.15) is 0 Å². The van der Waals surface area contributed by atoms with Gasteiger partial charge in [-0.15, -0.1) is 11.3 Å². The van der Waals surface area contributed by atoms with Crippen molar-refractivity contribution in [3.63, 3.8) is 0 Å². The zero-order valence-electron chi connectivity index (χ0n) is 13.8. The molecule has 0 saturated heterocycles. The Morgan fingerprint density at radius 1 is 1.33 bits per heavy atom. The van der Waals surface area contributed by atoms with Crippen molar-refractivity contribution >= 4 is 33.3 Å². The number of nitrogens with zero attached hydrogens (tertiary/aromatic N) is 3. The van der Waals surface area contributed by atoms with Gasteiger partial charge in [0.1, 0.15) is 16.5 Å². The predicted octanol–water partition coefficient (Wildman–Crippen LogP) is 3.17. The number of carbonyl (C=O) groups excluding carboxylic acids is 1. The second kappa shape index (κ2) is 6.52. The third-order valence-corrected chi connectivity index (χ3v) is 5.08. The Bertz CT molecular complexity index is 891. The Hall–Kier alpha value is -2.54. The van der Waals surface area contributed by atoms with Crippen LogP contribution in [0.2, 0.25) is 0 Å². The van der Waals surface area contributed by atoms with Gasteiger partial charge in [-0.25, -0.2) is 9.97 Å². The predicted molar refractivity (Wildman–Crippen MR) is 96.0 cm³/mol. The third-order valence-electron chi connectivity index (χ3n) is 3.89. The highest BCUT2D eigenvalue weighted by Gasteiger charge is 2.21. The number of aryl methyl sites for hydroxylation is 2. The smallest absolute Gasteiger partial charge is 0.262 e. The molecule has 1 atom stereocenters. The molecular formula is C17H19N5OS. The van der Waals surface area contributed by atoms with Crippen molar-refractivity contribution in [2.45, 2.75) is 33.2 Å². The van der Waals surface area contributed by atoms with E-state index in [1.165, 1.54) is 11.3 Å². The Kier molecular flexibility index (Phi) is 4.44. The monoisotopic (exact) mass is 341 g/mol. The number of hydrogen-bond acceptors (Lipinski definition) is 6. The van der Waals surface area contributed by atoms with Crippen LogP contribution in [0, 0.1) is 13.8 Å². The Morgan fingerprint density at radius 3 is 2.79 bits per heavy atom. The molecule has 3 N–H and O–H groups in total. The second-order valence-electron chi connectivity index (χ2n) is 5.58. The molecule has 124 valence electrons. The maximum atomic E-state index is 12.8. The molecule has 3 aromatic rings. The van der Waals surface area contributed by atoms with Crippen molar-refractivity contribution in [3.8, 4) is 0 Å². The summed E-state index contributed by atoms with van der Waals surface area (Å²) in [5.41, 5.74) is 7.67. The van der Waals surface area contributed by atoms with Crippen LogP contribution in [0.3, 0.4) is 0 Å². The molecule has 3 heterocycles. The maximum absolute atomic E-state index is 12.8. The molecule has 0 radical (unpaired) electrons. The lowest BCUT2D eigenvalue weighted by Crippen LogP contribution is -2.28. The lowest BCUT2D eigenvalue weighted by molar-refractivity contribution is 0.0938. The molecule has 1 amide bonds. The van der Waals surface area contributed by atoms with Crippen molar-refractivity contribution in [1.29, 1.82) is 0 Å². The van der Waals surface area contributed by atoms with E-state index in [2.05, 4.69) is 20.3 Å². The average molecular weight is 341 g/mol. The molecule has 24 heavy (non-hydrogen) atoms. The molecule has 0 aliphatic carbocycles. The number of aromatic nitrogens is 3. The molecule has 3 rings (SSSR count). The van der Waals surface area contributed by atoms with Crippen molar-refractivity contribution in [2.24, 2.45) is 0 Å². The molecule has 0 fully saturated rings. The number of hydrogen-bond donors (Lipinski definition) is 2. The summed E-state index contributed by atoms with van der Waals surface area (Å²) in [6.45, 7) is 5.69. The molecule has 0 aromatic carbocycles. The van der Waals surface area contributed by atoms with E-state index in [4.69, 9.17) is 5.73 Å². The van der Waals surface area contributed by atoms with E-state index >= 15 is 0 Å². The summed E-state index contributed by atoms with van der Waals surface area (Å²) < 4.78 is 0. The fraction of sp³-hybridized carbons (Fsp3) is 0.294. The second-order valence-corrected chi connectivity index (χ2v) is 6.58. The van der Waals surface area contributed by atoms with Gasteiger partial charge in [-0.1, -0.05) is 13.0 Å². The highest BCUT2D eigenvalue weighted by atomic mass is 32.1. The van der Waals surface area contributed by atoms with E-state index in [1.54, 1.807) is 13.1 Å². The number of amides is 1. The number of anilines is 1. The van der Waals surface area contributed by atoms with Crippen LogP contribution in [0.25, 0.3) is 10.2 Å². The Labute approximate surface area is 144 Å². The van der Waals surface area contributed by atoms with E-state index in [-0.39, 0.29) is 11.9 Å². The first-order valence-corrected chi connectivity index (χ1v) is 8.58. The SMILES string of the molecule is CC[C@@H](NC(=O)c1sc2nc(C)nc(N)c2c1C)c1ccccn1. The van der Waals surface area contributed by atoms with Gasteiger partial charge in [0.2, 0.25) is 0 Å². The first kappa shape index (κ1) is 16.3. The number of nitrogen functional groups attached to an aromatic ring is 1. The van der Waals surface area contributed by atoms with Crippen LogP contribution in [-0.4, -0.2) is 20.9 Å². The number of rotatable bonds is 4. The molecule has 3 aromatic heterocycles. The van der Waals surface area contributed by atoms with E-state index in [1.807, 2.05) is 32.0 Å². The zero-order chi connectivity index (χ0) is 17.3. The largest absolute Gasteiger partial charge is 0.383 e. The Balaban J connectivity index is 1.94. The standard InChI is InChI=1S/C17H19N5OS/c1-4-11(12-7-5-6-8-19-12)22-16(23)14-9(2)13-15(18)20-10(3)21-17(13)24-14/h5-8,11H,4H2,1-3H3,(H,22,23)(H2,18,20,21)/t11-/m1/s1. The van der Waals surface area contributed by atoms with Gasteiger partial charge in [-0.3, -0.25) is 9.78 Å². The number of pyridine rings is 1. The van der Waals surface area contributed by atoms with Gasteiger partial charge in [0.25, 0.3) is 5.91 Å². The van der Waals surface area contributed by atoms with E-state index < -0.39 is 0 Å². The minimum atomic E-state index is -0.134. The quantitative estimate of drug-likeness (QED) is 0.760. The molecule has 6 nitrogen and oxygen atoms in total. The zero-order valence-corrected chi connectivity index (χ0v) is 14.6. The van der Waals surface area contributed by atoms with Crippen LogP contribution >= 0.6 is 11.3 Å². The number of nitrogens with one attached hydrogen (secondary N) is 1. The van der Waals surface area contributed by atoms with Crippen molar-refractivity contribution in [1.82, 2.24) is 20.3 Å². The van der Waals surface area contributed by atoms with Crippen LogP contribution in [0.4, 0.5) is 5.82 Å². The molecule has 0 spiro atoms. The van der Waals surface area contributed by atoms with E-state index in [9.17, 15) is 4.79 Å². The highest BCUT2D eigenvalue weighted by Crippen LogP contribution is 2.33. The average Bonchev–Trinajstić information content (AvgIpc) is 2.90. The van der Waals surface area contributed by atoms with Gasteiger partial charge >= 0.3 is 0 Å². The summed E-state index contributed by atoms with van der Waals surface area (Å²) in [6.07, 6.45) is 2.49. The summed E-state index contributed by atoms with van der Waals surface area (Å²) in [5, 5.41) is 3.82. The number of nitrogens with two attached hydrogens (primary N) is 1. The summed E-state index contributed by atoms with van der Waals surface area (Å²) in [4.78, 5) is 27.0. The first-order chi connectivity index (χ1) is 11.5. The van der Waals surface area contributed by atoms with Crippen molar-refractivity contribution in [2.75, 3.05) is 5.73 Å². The third kappa shape index (κ3) is 2.94. The lowest BCUT2D eigenvalue weighted by atomic mass is 10.1. The fourth-order valence-electron chi connectivity index (χ4n) is 2.69. The van der Waals surface area contributed by atoms with Crippen molar-refractivity contribution < 1.29 is 4.79 Å². The molecule has 0 bridgehead atoms. The van der Waals surface area contributed by atoms with Crippen molar-refractivity contribution in [3.05, 3.63) is 46.4 Å². The topological polar surface area (TPSA) is 93.8 Å². The summed E-state index contributed by atoms with van der Waals surface area (Å²) >= 11 is 1.34. The number of thiophene rings is 1. The first-order valence-electron chi connectivity index (χ1n) is 7.76.